The van der Waals surface area contributed by atoms with Gasteiger partial charge >= 0.3 is 6.09 Å². The second-order valence-corrected chi connectivity index (χ2v) is 4.69. The van der Waals surface area contributed by atoms with Crippen molar-refractivity contribution < 1.29 is 14.3 Å². The van der Waals surface area contributed by atoms with E-state index in [0.29, 0.717) is 13.2 Å². The predicted octanol–water partition coefficient (Wildman–Crippen LogP) is 1.71. The van der Waals surface area contributed by atoms with Crippen molar-refractivity contribution in [3.63, 3.8) is 0 Å². The summed E-state index contributed by atoms with van der Waals surface area (Å²) in [6.07, 6.45) is 1.40. The van der Waals surface area contributed by atoms with Crippen molar-refractivity contribution in [2.24, 2.45) is 5.92 Å². The Labute approximate surface area is 90.6 Å². The van der Waals surface area contributed by atoms with Crippen molar-refractivity contribution >= 4 is 6.09 Å². The fourth-order valence-corrected chi connectivity index (χ4v) is 1.41. The van der Waals surface area contributed by atoms with Crippen molar-refractivity contribution in [2.75, 3.05) is 13.2 Å². The van der Waals surface area contributed by atoms with Gasteiger partial charge in [-0.2, -0.15) is 0 Å². The SMILES string of the molecule is C=CC1COCC1NC(=O)OC(C)(C)C. The van der Waals surface area contributed by atoms with Gasteiger partial charge in [-0.1, -0.05) is 6.08 Å². The molecular formula is C11H19NO3. The van der Waals surface area contributed by atoms with E-state index in [4.69, 9.17) is 9.47 Å². The third-order valence-electron chi connectivity index (χ3n) is 2.13. The number of hydrogen-bond acceptors (Lipinski definition) is 3. The summed E-state index contributed by atoms with van der Waals surface area (Å²) in [6, 6.07) is -0.0163. The minimum atomic E-state index is -0.465. The van der Waals surface area contributed by atoms with Gasteiger partial charge in [0, 0.05) is 5.92 Å². The number of carbonyl (C=O) groups excluding carboxylic acids is 1. The molecule has 0 radical (unpaired) electrons. The zero-order chi connectivity index (χ0) is 11.5. The van der Waals surface area contributed by atoms with Gasteiger partial charge in [-0.3, -0.25) is 0 Å². The van der Waals surface area contributed by atoms with Crippen LogP contribution in [0, 0.1) is 5.92 Å². The van der Waals surface area contributed by atoms with E-state index in [-0.39, 0.29) is 12.0 Å². The van der Waals surface area contributed by atoms with Gasteiger partial charge in [0.1, 0.15) is 5.60 Å². The maximum Gasteiger partial charge on any atom is 0.407 e. The predicted molar refractivity (Wildman–Crippen MR) is 57.7 cm³/mol. The van der Waals surface area contributed by atoms with Gasteiger partial charge in [0.15, 0.2) is 0 Å². The molecule has 1 heterocycles. The van der Waals surface area contributed by atoms with E-state index in [2.05, 4.69) is 11.9 Å². The summed E-state index contributed by atoms with van der Waals surface area (Å²) in [5.41, 5.74) is -0.465. The summed E-state index contributed by atoms with van der Waals surface area (Å²) in [5, 5.41) is 2.78. The molecular weight excluding hydrogens is 194 g/mol. The van der Waals surface area contributed by atoms with Gasteiger partial charge in [-0.05, 0) is 20.8 Å². The molecule has 0 spiro atoms. The fourth-order valence-electron chi connectivity index (χ4n) is 1.41. The fraction of sp³-hybridized carbons (Fsp3) is 0.727. The van der Waals surface area contributed by atoms with E-state index in [0.717, 1.165) is 0 Å². The van der Waals surface area contributed by atoms with Crippen LogP contribution in [0.3, 0.4) is 0 Å². The standard InChI is InChI=1S/C11H19NO3/c1-5-8-6-14-7-9(8)12-10(13)15-11(2,3)4/h5,8-9H,1,6-7H2,2-4H3,(H,12,13). The molecule has 1 aliphatic rings. The highest BCUT2D eigenvalue weighted by molar-refractivity contribution is 5.68. The normalized spacial score (nSPS) is 26.1. The topological polar surface area (TPSA) is 47.6 Å². The average molecular weight is 213 g/mol. The summed E-state index contributed by atoms with van der Waals surface area (Å²) in [4.78, 5) is 11.5. The van der Waals surface area contributed by atoms with Crippen LogP contribution < -0.4 is 5.32 Å². The lowest BCUT2D eigenvalue weighted by Crippen LogP contribution is -2.42. The summed E-state index contributed by atoms with van der Waals surface area (Å²) in [7, 11) is 0. The van der Waals surface area contributed by atoms with Gasteiger partial charge in [-0.15, -0.1) is 6.58 Å². The second-order valence-electron chi connectivity index (χ2n) is 4.69. The molecule has 0 bridgehead atoms. The Balaban J connectivity index is 2.41. The molecule has 0 aromatic carbocycles. The molecule has 1 aliphatic heterocycles. The molecule has 1 N–H and O–H groups in total. The van der Waals surface area contributed by atoms with Gasteiger partial charge < -0.3 is 14.8 Å². The Bertz CT molecular complexity index is 245. The van der Waals surface area contributed by atoms with Gasteiger partial charge in [0.05, 0.1) is 19.3 Å². The highest BCUT2D eigenvalue weighted by Gasteiger charge is 2.28. The highest BCUT2D eigenvalue weighted by atomic mass is 16.6. The van der Waals surface area contributed by atoms with Crippen LogP contribution in [0.1, 0.15) is 20.8 Å². The van der Waals surface area contributed by atoms with Crippen molar-refractivity contribution in [1.82, 2.24) is 5.32 Å². The number of nitrogens with one attached hydrogen (secondary N) is 1. The summed E-state index contributed by atoms with van der Waals surface area (Å²) in [5.74, 6) is 0.178. The minimum absolute atomic E-state index is 0.0163. The first kappa shape index (κ1) is 12.0. The minimum Gasteiger partial charge on any atom is -0.444 e. The van der Waals surface area contributed by atoms with Crippen LogP contribution in [0.2, 0.25) is 0 Å². The molecule has 0 aliphatic carbocycles. The van der Waals surface area contributed by atoms with E-state index in [9.17, 15) is 4.79 Å². The molecule has 1 saturated heterocycles. The Hall–Kier alpha value is -1.03. The van der Waals surface area contributed by atoms with Crippen LogP contribution >= 0.6 is 0 Å². The largest absolute Gasteiger partial charge is 0.444 e. The molecule has 4 heteroatoms. The monoisotopic (exact) mass is 213 g/mol. The lowest BCUT2D eigenvalue weighted by Gasteiger charge is -2.22. The van der Waals surface area contributed by atoms with E-state index >= 15 is 0 Å². The summed E-state index contributed by atoms with van der Waals surface area (Å²) in [6.45, 7) is 10.3. The molecule has 1 fully saturated rings. The third kappa shape index (κ3) is 3.91. The number of amides is 1. The maximum absolute atomic E-state index is 11.5. The van der Waals surface area contributed by atoms with Crippen LogP contribution in [0.25, 0.3) is 0 Å². The molecule has 86 valence electrons. The molecule has 15 heavy (non-hydrogen) atoms. The zero-order valence-corrected chi connectivity index (χ0v) is 9.58. The molecule has 0 aromatic heterocycles. The van der Waals surface area contributed by atoms with Crippen LogP contribution in [0.15, 0.2) is 12.7 Å². The molecule has 0 aromatic rings. The summed E-state index contributed by atoms with van der Waals surface area (Å²) < 4.78 is 10.4. The highest BCUT2D eigenvalue weighted by Crippen LogP contribution is 2.15. The van der Waals surface area contributed by atoms with Crippen molar-refractivity contribution in [2.45, 2.75) is 32.4 Å². The Morgan fingerprint density at radius 2 is 2.20 bits per heavy atom. The molecule has 1 amide bonds. The first-order valence-corrected chi connectivity index (χ1v) is 5.12. The second kappa shape index (κ2) is 4.66. The van der Waals surface area contributed by atoms with E-state index in [1.54, 1.807) is 6.08 Å². The summed E-state index contributed by atoms with van der Waals surface area (Å²) >= 11 is 0. The molecule has 2 atom stereocenters. The lowest BCUT2D eigenvalue weighted by molar-refractivity contribution is 0.0494. The van der Waals surface area contributed by atoms with E-state index < -0.39 is 11.7 Å². The Morgan fingerprint density at radius 3 is 2.73 bits per heavy atom. The molecule has 0 saturated carbocycles. The number of hydrogen-bond donors (Lipinski definition) is 1. The van der Waals surface area contributed by atoms with E-state index in [1.807, 2.05) is 20.8 Å². The average Bonchev–Trinajstić information content (AvgIpc) is 2.48. The quantitative estimate of drug-likeness (QED) is 0.710. The molecule has 2 unspecified atom stereocenters. The number of rotatable bonds is 2. The molecule has 1 rings (SSSR count). The third-order valence-corrected chi connectivity index (χ3v) is 2.13. The number of carbonyl (C=O) groups is 1. The molecule has 4 nitrogen and oxygen atoms in total. The van der Waals surface area contributed by atoms with Crippen molar-refractivity contribution in [3.8, 4) is 0 Å². The Kier molecular flexibility index (Phi) is 3.74. The Morgan fingerprint density at radius 1 is 1.53 bits per heavy atom. The first-order chi connectivity index (χ1) is 6.92. The first-order valence-electron chi connectivity index (χ1n) is 5.12. The van der Waals surface area contributed by atoms with Gasteiger partial charge in [0.25, 0.3) is 0 Å². The van der Waals surface area contributed by atoms with Crippen molar-refractivity contribution in [3.05, 3.63) is 12.7 Å². The maximum atomic E-state index is 11.5. The van der Waals surface area contributed by atoms with Crippen LogP contribution in [0.4, 0.5) is 4.79 Å². The number of alkyl carbamates (subject to hydrolysis) is 1. The number of ether oxygens (including phenoxy) is 2. The lowest BCUT2D eigenvalue weighted by atomic mass is 10.0. The zero-order valence-electron chi connectivity index (χ0n) is 9.58. The van der Waals surface area contributed by atoms with Crippen LogP contribution in [-0.4, -0.2) is 30.9 Å². The van der Waals surface area contributed by atoms with Crippen LogP contribution in [0.5, 0.6) is 0 Å². The van der Waals surface area contributed by atoms with Crippen LogP contribution in [-0.2, 0) is 9.47 Å². The van der Waals surface area contributed by atoms with Crippen molar-refractivity contribution in [1.29, 1.82) is 0 Å². The van der Waals surface area contributed by atoms with Gasteiger partial charge in [0.2, 0.25) is 0 Å². The smallest absolute Gasteiger partial charge is 0.407 e. The van der Waals surface area contributed by atoms with Gasteiger partial charge in [-0.25, -0.2) is 4.79 Å². The van der Waals surface area contributed by atoms with E-state index in [1.165, 1.54) is 0 Å².